The molecule has 0 amide bonds. The van der Waals surface area contributed by atoms with Crippen LogP contribution in [0.1, 0.15) is 17.3 Å². The van der Waals surface area contributed by atoms with E-state index in [1.165, 1.54) is 0 Å². The number of pyridine rings is 1. The van der Waals surface area contributed by atoms with E-state index in [1.54, 1.807) is 25.1 Å². The van der Waals surface area contributed by atoms with Crippen molar-refractivity contribution in [3.05, 3.63) is 59.4 Å². The molecule has 0 saturated carbocycles. The minimum atomic E-state index is 0.0629. The van der Waals surface area contributed by atoms with Crippen LogP contribution in [0.15, 0.2) is 48.8 Å². The molecular formula is C15H15ClNO2+. The molecule has 0 N–H and O–H groups in total. The highest BCUT2D eigenvalue weighted by molar-refractivity contribution is 6.30. The van der Waals surface area contributed by atoms with E-state index >= 15 is 0 Å². The van der Waals surface area contributed by atoms with Crippen LogP contribution in [-0.4, -0.2) is 12.4 Å². The first-order valence-electron chi connectivity index (χ1n) is 6.03. The first kappa shape index (κ1) is 13.6. The summed E-state index contributed by atoms with van der Waals surface area (Å²) in [5.41, 5.74) is 0.703. The molecule has 0 saturated heterocycles. The van der Waals surface area contributed by atoms with Crippen LogP contribution in [0.3, 0.4) is 0 Å². The van der Waals surface area contributed by atoms with E-state index in [4.69, 9.17) is 16.3 Å². The molecule has 0 aliphatic heterocycles. The highest BCUT2D eigenvalue weighted by atomic mass is 35.5. The van der Waals surface area contributed by atoms with Crippen molar-refractivity contribution in [3.63, 3.8) is 0 Å². The van der Waals surface area contributed by atoms with Gasteiger partial charge in [-0.25, -0.2) is 4.57 Å². The number of nitrogens with zero attached hydrogens (tertiary/aromatic N) is 1. The van der Waals surface area contributed by atoms with Gasteiger partial charge in [-0.3, -0.25) is 4.79 Å². The summed E-state index contributed by atoms with van der Waals surface area (Å²) in [6.45, 7) is 2.78. The molecule has 98 valence electrons. The monoisotopic (exact) mass is 276 g/mol. The van der Waals surface area contributed by atoms with Crippen LogP contribution in [-0.2, 0) is 6.54 Å². The number of carbonyl (C=O) groups is 1. The third-order valence-corrected chi connectivity index (χ3v) is 2.95. The van der Waals surface area contributed by atoms with Crippen molar-refractivity contribution in [2.24, 2.45) is 0 Å². The molecule has 0 fully saturated rings. The summed E-state index contributed by atoms with van der Waals surface area (Å²) in [5.74, 6) is 0.848. The Kier molecular flexibility index (Phi) is 4.53. The Labute approximate surface area is 117 Å². The Bertz CT molecular complexity index is 567. The second-order valence-corrected chi connectivity index (χ2v) is 4.63. The van der Waals surface area contributed by atoms with Crippen LogP contribution in [0, 0.1) is 0 Å². The molecule has 0 spiro atoms. The zero-order chi connectivity index (χ0) is 13.7. The molecule has 3 nitrogen and oxygen atoms in total. The molecule has 0 bridgehead atoms. The maximum atomic E-state index is 11.3. The Hall–Kier alpha value is -1.87. The quantitative estimate of drug-likeness (QED) is 0.621. The first-order chi connectivity index (χ1) is 9.15. The number of aromatic nitrogens is 1. The van der Waals surface area contributed by atoms with Crippen LogP contribution in [0.2, 0.25) is 5.02 Å². The van der Waals surface area contributed by atoms with Gasteiger partial charge in [0.2, 0.25) is 0 Å². The van der Waals surface area contributed by atoms with Gasteiger partial charge in [-0.05, 0) is 37.3 Å². The number of Topliss-reactive ketones (excluding diaryl/α,β-unsaturated/α-hetero) is 1. The summed E-state index contributed by atoms with van der Waals surface area (Å²) in [6, 6.07) is 10.9. The van der Waals surface area contributed by atoms with Crippen molar-refractivity contribution < 1.29 is 14.1 Å². The SMILES string of the molecule is CC(=O)c1ccc[n+](CCOc2ccc(Cl)cc2)c1. The minimum Gasteiger partial charge on any atom is -0.487 e. The topological polar surface area (TPSA) is 30.2 Å². The van der Waals surface area contributed by atoms with Crippen LogP contribution >= 0.6 is 11.6 Å². The van der Waals surface area contributed by atoms with Crippen molar-refractivity contribution in [1.29, 1.82) is 0 Å². The number of benzene rings is 1. The van der Waals surface area contributed by atoms with Gasteiger partial charge >= 0.3 is 0 Å². The molecule has 1 aromatic carbocycles. The number of halogens is 1. The number of ether oxygens (including phenoxy) is 1. The smallest absolute Gasteiger partial charge is 0.182 e. The standard InChI is InChI=1S/C15H15ClNO2/c1-12(18)13-3-2-8-17(11-13)9-10-19-15-6-4-14(16)5-7-15/h2-8,11H,9-10H2,1H3/q+1. The number of ketones is 1. The fourth-order valence-electron chi connectivity index (χ4n) is 1.67. The van der Waals surface area contributed by atoms with E-state index in [1.807, 2.05) is 35.2 Å². The van der Waals surface area contributed by atoms with Gasteiger partial charge in [0.05, 0.1) is 5.56 Å². The number of hydrogen-bond donors (Lipinski definition) is 0. The molecule has 0 radical (unpaired) electrons. The third-order valence-electron chi connectivity index (χ3n) is 2.70. The van der Waals surface area contributed by atoms with Gasteiger partial charge in [0.1, 0.15) is 12.4 Å². The summed E-state index contributed by atoms with van der Waals surface area (Å²) in [7, 11) is 0. The molecule has 2 aromatic rings. The Morgan fingerprint density at radius 2 is 2.00 bits per heavy atom. The fraction of sp³-hybridized carbons (Fsp3) is 0.200. The lowest BCUT2D eigenvalue weighted by Crippen LogP contribution is -2.36. The van der Waals surface area contributed by atoms with E-state index < -0.39 is 0 Å². The van der Waals surface area contributed by atoms with Gasteiger partial charge in [0.25, 0.3) is 0 Å². The lowest BCUT2D eigenvalue weighted by atomic mass is 10.2. The molecule has 1 heterocycles. The summed E-state index contributed by atoms with van der Waals surface area (Å²) < 4.78 is 7.54. The van der Waals surface area contributed by atoms with E-state index in [-0.39, 0.29) is 5.78 Å². The van der Waals surface area contributed by atoms with Crippen LogP contribution < -0.4 is 9.30 Å². The van der Waals surface area contributed by atoms with Crippen molar-refractivity contribution in [1.82, 2.24) is 0 Å². The van der Waals surface area contributed by atoms with E-state index in [0.29, 0.717) is 23.7 Å². The van der Waals surface area contributed by atoms with E-state index in [2.05, 4.69) is 0 Å². The van der Waals surface area contributed by atoms with Gasteiger partial charge < -0.3 is 4.74 Å². The first-order valence-corrected chi connectivity index (χ1v) is 6.41. The molecule has 0 aliphatic rings. The second kappa shape index (κ2) is 6.34. The molecule has 2 rings (SSSR count). The van der Waals surface area contributed by atoms with Crippen molar-refractivity contribution in [3.8, 4) is 5.75 Å². The average molecular weight is 277 g/mol. The summed E-state index contributed by atoms with van der Waals surface area (Å²) in [6.07, 6.45) is 3.74. The number of hydrogen-bond acceptors (Lipinski definition) is 2. The predicted molar refractivity (Wildman–Crippen MR) is 73.6 cm³/mol. The lowest BCUT2D eigenvalue weighted by molar-refractivity contribution is -0.697. The molecule has 0 atom stereocenters. The minimum absolute atomic E-state index is 0.0629. The molecular weight excluding hydrogens is 262 g/mol. The summed E-state index contributed by atoms with van der Waals surface area (Å²) in [5, 5.41) is 0.691. The van der Waals surface area contributed by atoms with E-state index in [9.17, 15) is 4.79 Å². The fourth-order valence-corrected chi connectivity index (χ4v) is 1.80. The average Bonchev–Trinajstić information content (AvgIpc) is 2.41. The second-order valence-electron chi connectivity index (χ2n) is 4.19. The highest BCUT2D eigenvalue weighted by Gasteiger charge is 2.06. The maximum absolute atomic E-state index is 11.3. The molecule has 0 unspecified atom stereocenters. The van der Waals surface area contributed by atoms with Gasteiger partial charge in [-0.1, -0.05) is 11.6 Å². The Balaban J connectivity index is 1.90. The Morgan fingerprint density at radius 1 is 1.26 bits per heavy atom. The molecule has 0 aliphatic carbocycles. The van der Waals surface area contributed by atoms with E-state index in [0.717, 1.165) is 5.75 Å². The zero-order valence-electron chi connectivity index (χ0n) is 10.7. The van der Waals surface area contributed by atoms with Crippen LogP contribution in [0.5, 0.6) is 5.75 Å². The zero-order valence-corrected chi connectivity index (χ0v) is 11.4. The van der Waals surface area contributed by atoms with Gasteiger partial charge in [-0.2, -0.15) is 0 Å². The molecule has 19 heavy (non-hydrogen) atoms. The van der Waals surface area contributed by atoms with Gasteiger partial charge in [0, 0.05) is 11.1 Å². The highest BCUT2D eigenvalue weighted by Crippen LogP contribution is 2.15. The van der Waals surface area contributed by atoms with Crippen LogP contribution in [0.25, 0.3) is 0 Å². The van der Waals surface area contributed by atoms with Crippen molar-refractivity contribution in [2.75, 3.05) is 6.61 Å². The summed E-state index contributed by atoms with van der Waals surface area (Å²) >= 11 is 5.80. The Morgan fingerprint density at radius 3 is 2.68 bits per heavy atom. The van der Waals surface area contributed by atoms with Gasteiger partial charge in [-0.15, -0.1) is 0 Å². The predicted octanol–water partition coefficient (Wildman–Crippen LogP) is 2.91. The molecule has 4 heteroatoms. The van der Waals surface area contributed by atoms with Crippen LogP contribution in [0.4, 0.5) is 0 Å². The lowest BCUT2D eigenvalue weighted by Gasteiger charge is -2.04. The largest absolute Gasteiger partial charge is 0.487 e. The van der Waals surface area contributed by atoms with Crippen molar-refractivity contribution in [2.45, 2.75) is 13.5 Å². The normalized spacial score (nSPS) is 10.2. The van der Waals surface area contributed by atoms with Crippen molar-refractivity contribution >= 4 is 17.4 Å². The summed E-state index contributed by atoms with van der Waals surface area (Å²) in [4.78, 5) is 11.3. The van der Waals surface area contributed by atoms with Gasteiger partial charge in [0.15, 0.2) is 24.7 Å². The maximum Gasteiger partial charge on any atom is 0.182 e. The number of carbonyl (C=O) groups excluding carboxylic acids is 1. The molecule has 1 aromatic heterocycles. The third kappa shape index (κ3) is 4.07. The number of rotatable bonds is 5.